The number of primary amides is 1. The zero-order chi connectivity index (χ0) is 11.0. The van der Waals surface area contributed by atoms with E-state index < -0.39 is 11.9 Å². The van der Waals surface area contributed by atoms with Crippen LogP contribution in [0, 0.1) is 23.7 Å². The van der Waals surface area contributed by atoms with E-state index in [4.69, 9.17) is 11.6 Å². The molecule has 0 heterocycles. The summed E-state index contributed by atoms with van der Waals surface area (Å²) in [4.78, 5) is 27.1. The summed E-state index contributed by atoms with van der Waals surface area (Å²) in [5.74, 6) is 3.73. The van der Waals surface area contributed by atoms with Gasteiger partial charge in [-0.3, -0.25) is 9.59 Å². The molecule has 0 aromatic heterocycles. The summed E-state index contributed by atoms with van der Waals surface area (Å²) in [5.41, 5.74) is 5.35. The van der Waals surface area contributed by atoms with Crippen LogP contribution in [0.1, 0.15) is 25.7 Å². The minimum absolute atomic E-state index is 0.226. The van der Waals surface area contributed by atoms with Gasteiger partial charge in [-0.05, 0) is 37.5 Å². The average Bonchev–Trinajstić information content (AvgIpc) is 2.28. The Balaban J connectivity index is 2.24. The van der Waals surface area contributed by atoms with E-state index >= 15 is 0 Å². The highest BCUT2D eigenvalue weighted by atomic mass is 16.7. The molecule has 3 fully saturated rings. The highest BCUT2D eigenvalue weighted by Crippen LogP contribution is 2.48. The third kappa shape index (κ3) is 1.61. The number of hydrogen-bond acceptors (Lipinski definition) is 4. The molecule has 2 bridgehead atoms. The van der Waals surface area contributed by atoms with Gasteiger partial charge >= 0.3 is 5.97 Å². The van der Waals surface area contributed by atoms with E-state index in [1.165, 1.54) is 0 Å². The van der Waals surface area contributed by atoms with E-state index in [9.17, 15) is 9.59 Å². The molecule has 3 saturated carbocycles. The van der Waals surface area contributed by atoms with Crippen molar-refractivity contribution in [2.75, 3.05) is 0 Å². The third-order valence-electron chi connectivity index (χ3n) is 3.94. The molecule has 0 aliphatic heterocycles. The fourth-order valence-electron chi connectivity index (χ4n) is 3.28. The maximum atomic E-state index is 11.5. The van der Waals surface area contributed by atoms with Crippen LogP contribution in [0.25, 0.3) is 0 Å². The van der Waals surface area contributed by atoms with E-state index in [0.29, 0.717) is 0 Å². The van der Waals surface area contributed by atoms with Crippen molar-refractivity contribution in [1.82, 2.24) is 0 Å². The molecule has 0 spiro atoms. The highest BCUT2D eigenvalue weighted by molar-refractivity contribution is 5.85. The molecule has 5 nitrogen and oxygen atoms in total. The molecule has 0 radical (unpaired) electrons. The van der Waals surface area contributed by atoms with Gasteiger partial charge in [-0.2, -0.15) is 5.90 Å². The van der Waals surface area contributed by atoms with Crippen LogP contribution in [-0.4, -0.2) is 11.9 Å². The van der Waals surface area contributed by atoms with E-state index in [1.807, 2.05) is 0 Å². The van der Waals surface area contributed by atoms with E-state index in [2.05, 4.69) is 4.84 Å². The number of fused-ring (bicyclic) bond motifs is 3. The summed E-state index contributed by atoms with van der Waals surface area (Å²) in [6.45, 7) is 0. The Kier molecular flexibility index (Phi) is 2.65. The summed E-state index contributed by atoms with van der Waals surface area (Å²) < 4.78 is 0. The number of amides is 1. The average molecular weight is 212 g/mol. The van der Waals surface area contributed by atoms with Crippen LogP contribution in [0.15, 0.2) is 0 Å². The molecule has 15 heavy (non-hydrogen) atoms. The van der Waals surface area contributed by atoms with Gasteiger partial charge in [0.05, 0.1) is 11.8 Å². The van der Waals surface area contributed by atoms with Gasteiger partial charge in [-0.15, -0.1) is 0 Å². The second-order valence-electron chi connectivity index (χ2n) is 4.57. The topological polar surface area (TPSA) is 95.4 Å². The summed E-state index contributed by atoms with van der Waals surface area (Å²) in [6, 6.07) is 0. The van der Waals surface area contributed by atoms with Crippen molar-refractivity contribution in [2.45, 2.75) is 25.7 Å². The van der Waals surface area contributed by atoms with Crippen LogP contribution in [-0.2, 0) is 14.4 Å². The number of hydrogen-bond donors (Lipinski definition) is 2. The first-order chi connectivity index (χ1) is 7.15. The van der Waals surface area contributed by atoms with Gasteiger partial charge in [0, 0.05) is 0 Å². The van der Waals surface area contributed by atoms with Crippen molar-refractivity contribution in [3.05, 3.63) is 0 Å². The molecule has 0 saturated heterocycles. The Morgan fingerprint density at radius 3 is 1.87 bits per heavy atom. The SMILES string of the molecule is NOC(=O)[C@H]1C2CCC(CC2)[C@H]1C(N)=O. The summed E-state index contributed by atoms with van der Waals surface area (Å²) in [5, 5.41) is 0. The lowest BCUT2D eigenvalue weighted by Crippen LogP contribution is -2.50. The van der Waals surface area contributed by atoms with Crippen molar-refractivity contribution < 1.29 is 14.4 Å². The fourth-order valence-corrected chi connectivity index (χ4v) is 3.28. The Labute approximate surface area is 88.1 Å². The second-order valence-corrected chi connectivity index (χ2v) is 4.57. The van der Waals surface area contributed by atoms with E-state index in [1.54, 1.807) is 0 Å². The summed E-state index contributed by atoms with van der Waals surface area (Å²) in [6.07, 6.45) is 3.95. The minimum atomic E-state index is -0.479. The van der Waals surface area contributed by atoms with Gasteiger partial charge in [-0.1, -0.05) is 0 Å². The molecule has 0 aromatic carbocycles. The second kappa shape index (κ2) is 3.81. The van der Waals surface area contributed by atoms with Crippen molar-refractivity contribution in [1.29, 1.82) is 0 Å². The first-order valence-corrected chi connectivity index (χ1v) is 5.35. The van der Waals surface area contributed by atoms with E-state index in [-0.39, 0.29) is 23.7 Å². The molecular formula is C10H16N2O3. The number of nitrogens with two attached hydrogens (primary N) is 2. The van der Waals surface area contributed by atoms with Crippen LogP contribution in [0.3, 0.4) is 0 Å². The van der Waals surface area contributed by atoms with E-state index in [0.717, 1.165) is 25.7 Å². The Hall–Kier alpha value is -1.10. The zero-order valence-corrected chi connectivity index (χ0v) is 8.52. The molecule has 3 rings (SSSR count). The maximum absolute atomic E-state index is 11.5. The quantitative estimate of drug-likeness (QED) is 0.627. The largest absolute Gasteiger partial charge is 0.373 e. The maximum Gasteiger partial charge on any atom is 0.328 e. The minimum Gasteiger partial charge on any atom is -0.373 e. The predicted octanol–water partition coefficient (Wildman–Crippen LogP) is -0.0590. The van der Waals surface area contributed by atoms with Gasteiger partial charge < -0.3 is 10.6 Å². The van der Waals surface area contributed by atoms with Gasteiger partial charge in [0.1, 0.15) is 0 Å². The molecule has 3 aliphatic carbocycles. The van der Waals surface area contributed by atoms with Gasteiger partial charge in [0.25, 0.3) is 0 Å². The van der Waals surface area contributed by atoms with Crippen LogP contribution < -0.4 is 11.6 Å². The molecule has 1 amide bonds. The van der Waals surface area contributed by atoms with Crippen LogP contribution in [0.5, 0.6) is 0 Å². The predicted molar refractivity (Wildman–Crippen MR) is 51.9 cm³/mol. The standard InChI is InChI=1S/C10H16N2O3/c11-9(13)7-5-1-3-6(4-2-5)8(7)10(14)15-12/h5-8H,1-4,12H2,(H2,11,13)/t5?,6?,7-,8+/m1/s1. The smallest absolute Gasteiger partial charge is 0.328 e. The Morgan fingerprint density at radius 1 is 1.00 bits per heavy atom. The molecule has 0 aromatic rings. The molecule has 4 N–H and O–H groups in total. The van der Waals surface area contributed by atoms with Crippen molar-refractivity contribution in [3.63, 3.8) is 0 Å². The van der Waals surface area contributed by atoms with Crippen LogP contribution >= 0.6 is 0 Å². The Morgan fingerprint density at radius 2 is 1.47 bits per heavy atom. The van der Waals surface area contributed by atoms with Gasteiger partial charge in [0.15, 0.2) is 0 Å². The summed E-state index contributed by atoms with van der Waals surface area (Å²) in [7, 11) is 0. The lowest BCUT2D eigenvalue weighted by Gasteiger charge is -2.45. The number of carbonyl (C=O) groups excluding carboxylic acids is 2. The summed E-state index contributed by atoms with van der Waals surface area (Å²) >= 11 is 0. The number of rotatable bonds is 2. The van der Waals surface area contributed by atoms with Crippen molar-refractivity contribution in [2.24, 2.45) is 35.3 Å². The monoisotopic (exact) mass is 212 g/mol. The highest BCUT2D eigenvalue weighted by Gasteiger charge is 2.50. The Bertz CT molecular complexity index is 284. The van der Waals surface area contributed by atoms with Crippen LogP contribution in [0.2, 0.25) is 0 Å². The number of carbonyl (C=O) groups is 2. The van der Waals surface area contributed by atoms with Crippen molar-refractivity contribution >= 4 is 11.9 Å². The van der Waals surface area contributed by atoms with Gasteiger partial charge in [-0.25, -0.2) is 0 Å². The molecular weight excluding hydrogens is 196 g/mol. The molecule has 5 heteroatoms. The van der Waals surface area contributed by atoms with Crippen LogP contribution in [0.4, 0.5) is 0 Å². The van der Waals surface area contributed by atoms with Gasteiger partial charge in [0.2, 0.25) is 5.91 Å². The van der Waals surface area contributed by atoms with Crippen molar-refractivity contribution in [3.8, 4) is 0 Å². The lowest BCUT2D eigenvalue weighted by atomic mass is 9.58. The molecule has 3 aliphatic rings. The fraction of sp³-hybridized carbons (Fsp3) is 0.800. The normalized spacial score (nSPS) is 38.7. The zero-order valence-electron chi connectivity index (χ0n) is 8.52. The molecule has 0 unspecified atom stereocenters. The first kappa shape index (κ1) is 10.4. The molecule has 84 valence electrons. The third-order valence-corrected chi connectivity index (χ3v) is 3.94. The molecule has 2 atom stereocenters. The first-order valence-electron chi connectivity index (χ1n) is 5.35. The lowest BCUT2D eigenvalue weighted by molar-refractivity contribution is -0.163.